The molecule has 0 spiro atoms. The molecule has 1 heterocycles. The van der Waals surface area contributed by atoms with Crippen molar-refractivity contribution in [3.63, 3.8) is 0 Å². The number of non-ortho nitro benzene ring substituents is 1. The minimum Gasteiger partial charge on any atom is -0.319 e. The van der Waals surface area contributed by atoms with Crippen LogP contribution in [0.4, 0.5) is 22.7 Å². The Labute approximate surface area is 210 Å². The molecule has 13 heteroatoms. The lowest BCUT2D eigenvalue weighted by molar-refractivity contribution is -0.393. The number of anilines is 2. The summed E-state index contributed by atoms with van der Waals surface area (Å²) in [6.07, 6.45) is 0. The fourth-order valence-corrected chi connectivity index (χ4v) is 3.77. The molecule has 3 aromatic rings. The highest BCUT2D eigenvalue weighted by Gasteiger charge is 2.46. The first-order chi connectivity index (χ1) is 17.2. The number of hydrogen-bond acceptors (Lipinski definition) is 8. The van der Waals surface area contributed by atoms with Crippen LogP contribution in [-0.4, -0.2) is 33.2 Å². The van der Waals surface area contributed by atoms with Crippen LogP contribution in [0.5, 0.6) is 0 Å². The second kappa shape index (κ2) is 9.84. The second-order valence-electron chi connectivity index (χ2n) is 7.45. The molecule has 2 amide bonds. The fraction of sp³-hybridized carbons (Fsp3) is 0.0435. The van der Waals surface area contributed by atoms with Gasteiger partial charge in [-0.1, -0.05) is 46.3 Å². The van der Waals surface area contributed by atoms with E-state index in [4.69, 9.17) is 0 Å². The number of nitrogens with one attached hydrogen (secondary N) is 1. The van der Waals surface area contributed by atoms with Crippen molar-refractivity contribution in [1.82, 2.24) is 0 Å². The Morgan fingerprint density at radius 3 is 2.22 bits per heavy atom. The summed E-state index contributed by atoms with van der Waals surface area (Å²) in [4.78, 5) is 60.3. The lowest BCUT2D eigenvalue weighted by Gasteiger charge is -2.14. The van der Waals surface area contributed by atoms with E-state index in [0.29, 0.717) is 22.3 Å². The second-order valence-corrected chi connectivity index (χ2v) is 8.36. The molecule has 0 unspecified atom stereocenters. The summed E-state index contributed by atoms with van der Waals surface area (Å²) in [5.74, 6) is -4.92. The van der Waals surface area contributed by atoms with Crippen LogP contribution in [-0.2, 0) is 14.4 Å². The summed E-state index contributed by atoms with van der Waals surface area (Å²) in [7, 11) is 0. The number of nitrogens with zero attached hydrogens (tertiary/aromatic N) is 4. The van der Waals surface area contributed by atoms with E-state index in [1.54, 1.807) is 54.6 Å². The minimum atomic E-state index is -1.70. The molecule has 36 heavy (non-hydrogen) atoms. The van der Waals surface area contributed by atoms with E-state index in [1.807, 2.05) is 0 Å². The van der Waals surface area contributed by atoms with Gasteiger partial charge in [0, 0.05) is 16.2 Å². The quantitative estimate of drug-likeness (QED) is 0.201. The van der Waals surface area contributed by atoms with Crippen molar-refractivity contribution in [1.29, 1.82) is 0 Å². The van der Waals surface area contributed by atoms with E-state index in [0.717, 1.165) is 16.6 Å². The summed E-state index contributed by atoms with van der Waals surface area (Å²) in [5, 5.41) is 29.9. The number of halogens is 1. The van der Waals surface area contributed by atoms with Gasteiger partial charge in [-0.3, -0.25) is 34.6 Å². The summed E-state index contributed by atoms with van der Waals surface area (Å²) >= 11 is 3.26. The molecule has 0 saturated carbocycles. The Kier molecular flexibility index (Phi) is 6.65. The van der Waals surface area contributed by atoms with E-state index < -0.39 is 44.7 Å². The number of nitro benzene ring substituents is 2. The number of hydrogen-bond donors (Lipinski definition) is 1. The van der Waals surface area contributed by atoms with Crippen LogP contribution in [0, 0.1) is 26.1 Å². The molecule has 180 valence electrons. The normalized spacial score (nSPS) is 14.8. The summed E-state index contributed by atoms with van der Waals surface area (Å²) in [5.41, 5.74) is -1.15. The fourth-order valence-electron chi connectivity index (χ4n) is 3.50. The van der Waals surface area contributed by atoms with Gasteiger partial charge >= 0.3 is 5.69 Å². The minimum absolute atomic E-state index is 0.0933. The standard InChI is InChI=1S/C23H14BrN5O7/c24-14-6-8-15(9-7-14)25-22(31)21(30)19-20(13-4-2-1-3-5-13)26-27(23(19)32)17-11-10-16(28(33)34)12-18(17)29(35)36/h1-12,19H,(H,25,31)/t19-/m1/s1. The molecule has 1 aliphatic rings. The summed E-state index contributed by atoms with van der Waals surface area (Å²) < 4.78 is 0.747. The number of rotatable bonds is 7. The van der Waals surface area contributed by atoms with E-state index >= 15 is 0 Å². The number of carbonyl (C=O) groups excluding carboxylic acids is 3. The zero-order chi connectivity index (χ0) is 26.0. The van der Waals surface area contributed by atoms with Crippen LogP contribution in [0.2, 0.25) is 0 Å². The number of carbonyl (C=O) groups is 3. The molecule has 12 nitrogen and oxygen atoms in total. The Balaban J connectivity index is 1.75. The van der Waals surface area contributed by atoms with Gasteiger partial charge in [-0.05, 0) is 35.9 Å². The van der Waals surface area contributed by atoms with E-state index in [-0.39, 0.29) is 11.4 Å². The van der Waals surface area contributed by atoms with Gasteiger partial charge in [0.2, 0.25) is 5.78 Å². The molecule has 0 bridgehead atoms. The van der Waals surface area contributed by atoms with Crippen LogP contribution >= 0.6 is 15.9 Å². The van der Waals surface area contributed by atoms with Crippen LogP contribution < -0.4 is 10.3 Å². The smallest absolute Gasteiger partial charge is 0.301 e. The van der Waals surface area contributed by atoms with Crippen LogP contribution in [0.3, 0.4) is 0 Å². The lowest BCUT2D eigenvalue weighted by Crippen LogP contribution is -2.39. The predicted octanol–water partition coefficient (Wildman–Crippen LogP) is 3.84. The Morgan fingerprint density at radius 2 is 1.61 bits per heavy atom. The van der Waals surface area contributed by atoms with E-state index in [9.17, 15) is 34.6 Å². The van der Waals surface area contributed by atoms with Crippen molar-refractivity contribution in [3.05, 3.63) is 103 Å². The monoisotopic (exact) mass is 551 g/mol. The Hall–Kier alpha value is -4.78. The molecule has 0 aromatic heterocycles. The topological polar surface area (TPSA) is 165 Å². The maximum atomic E-state index is 13.4. The van der Waals surface area contributed by atoms with Gasteiger partial charge in [0.1, 0.15) is 5.69 Å². The first kappa shape index (κ1) is 24.3. The van der Waals surface area contributed by atoms with Crippen molar-refractivity contribution in [3.8, 4) is 0 Å². The van der Waals surface area contributed by atoms with Gasteiger partial charge in [-0.15, -0.1) is 0 Å². The van der Waals surface area contributed by atoms with Gasteiger partial charge in [-0.2, -0.15) is 10.1 Å². The third-order valence-corrected chi connectivity index (χ3v) is 5.72. The molecule has 1 aliphatic heterocycles. The van der Waals surface area contributed by atoms with E-state index in [1.165, 1.54) is 0 Å². The molecule has 4 rings (SSSR count). The zero-order valence-electron chi connectivity index (χ0n) is 18.0. The lowest BCUT2D eigenvalue weighted by atomic mass is 9.92. The Bertz CT molecular complexity index is 1440. The van der Waals surface area contributed by atoms with Crippen molar-refractivity contribution in [2.24, 2.45) is 11.0 Å². The number of nitro groups is 2. The molecule has 3 aromatic carbocycles. The average molecular weight is 552 g/mol. The molecule has 0 radical (unpaired) electrons. The molecule has 0 aliphatic carbocycles. The predicted molar refractivity (Wildman–Crippen MR) is 131 cm³/mol. The summed E-state index contributed by atoms with van der Waals surface area (Å²) in [6.45, 7) is 0. The first-order valence-corrected chi connectivity index (χ1v) is 11.0. The van der Waals surface area contributed by atoms with Gasteiger partial charge < -0.3 is 5.32 Å². The third kappa shape index (κ3) is 4.72. The zero-order valence-corrected chi connectivity index (χ0v) is 19.6. The molecule has 0 saturated heterocycles. The molecule has 1 atom stereocenters. The SMILES string of the molecule is O=C(Nc1ccc(Br)cc1)C(=O)[C@@H]1C(=O)N(c2ccc([N+](=O)[O-])cc2[N+](=O)[O-])N=C1c1ccccc1. The van der Waals surface area contributed by atoms with Gasteiger partial charge in [0.15, 0.2) is 5.92 Å². The number of ketones is 1. The number of benzene rings is 3. The van der Waals surface area contributed by atoms with Gasteiger partial charge in [0.05, 0.1) is 21.6 Å². The van der Waals surface area contributed by atoms with Crippen LogP contribution in [0.1, 0.15) is 5.56 Å². The van der Waals surface area contributed by atoms with Crippen molar-refractivity contribution in [2.75, 3.05) is 10.3 Å². The molecule has 1 N–H and O–H groups in total. The number of amides is 2. The number of hydrazone groups is 1. The van der Waals surface area contributed by atoms with Gasteiger partial charge in [-0.25, -0.2) is 0 Å². The highest BCUT2D eigenvalue weighted by Crippen LogP contribution is 2.36. The van der Waals surface area contributed by atoms with Crippen LogP contribution in [0.25, 0.3) is 0 Å². The van der Waals surface area contributed by atoms with Crippen molar-refractivity contribution >= 4 is 62.0 Å². The van der Waals surface area contributed by atoms with Gasteiger partial charge in [0.25, 0.3) is 17.5 Å². The number of Topliss-reactive ketones (excluding diaryl/α,β-unsaturated/α-hetero) is 1. The van der Waals surface area contributed by atoms with Crippen LogP contribution in [0.15, 0.2) is 82.4 Å². The molecule has 0 fully saturated rings. The Morgan fingerprint density at radius 1 is 0.944 bits per heavy atom. The van der Waals surface area contributed by atoms with E-state index in [2.05, 4.69) is 26.3 Å². The highest BCUT2D eigenvalue weighted by molar-refractivity contribution is 9.10. The molecular formula is C23H14BrN5O7. The maximum absolute atomic E-state index is 13.4. The third-order valence-electron chi connectivity index (χ3n) is 5.19. The van der Waals surface area contributed by atoms with Crippen molar-refractivity contribution in [2.45, 2.75) is 0 Å². The maximum Gasteiger partial charge on any atom is 0.301 e. The average Bonchev–Trinajstić information content (AvgIpc) is 3.21. The largest absolute Gasteiger partial charge is 0.319 e. The molecular weight excluding hydrogens is 538 g/mol. The summed E-state index contributed by atoms with van der Waals surface area (Å²) in [6, 6.07) is 17.1. The highest BCUT2D eigenvalue weighted by atomic mass is 79.9. The first-order valence-electron chi connectivity index (χ1n) is 10.2. The van der Waals surface area contributed by atoms with Crippen molar-refractivity contribution < 1.29 is 24.2 Å².